The average Bonchev–Trinajstić information content (AvgIpc) is 3.05. The minimum absolute atomic E-state index is 0.0970. The zero-order chi connectivity index (χ0) is 19.7. The van der Waals surface area contributed by atoms with Crippen LogP contribution in [-0.4, -0.2) is 22.1 Å². The van der Waals surface area contributed by atoms with Crippen LogP contribution in [0.2, 0.25) is 5.02 Å². The maximum Gasteiger partial charge on any atom is 0.417 e. The molecule has 0 amide bonds. The Hall–Kier alpha value is -3.59. The van der Waals surface area contributed by atoms with Gasteiger partial charge in [0.25, 0.3) is 0 Å². The average molecular weight is 402 g/mol. The van der Waals surface area contributed by atoms with Crippen molar-refractivity contribution >= 4 is 45.8 Å². The number of anilines is 4. The van der Waals surface area contributed by atoms with Gasteiger partial charge in [0, 0.05) is 5.69 Å². The van der Waals surface area contributed by atoms with E-state index in [-0.39, 0.29) is 22.4 Å². The number of fused-ring (bicyclic) bond motifs is 1. The molecule has 0 saturated carbocycles. The van der Waals surface area contributed by atoms with E-state index in [0.717, 1.165) is 0 Å². The van der Waals surface area contributed by atoms with Crippen LogP contribution in [0.1, 0.15) is 0 Å². The quantitative estimate of drug-likeness (QED) is 0.460. The number of H-pyrrole nitrogens is 1. The Balaban J connectivity index is 1.62. The molecule has 28 heavy (non-hydrogen) atoms. The third-order valence-electron chi connectivity index (χ3n) is 3.86. The number of aromatic nitrogens is 3. The summed E-state index contributed by atoms with van der Waals surface area (Å²) in [5.74, 6) is -0.573. The van der Waals surface area contributed by atoms with Crippen LogP contribution in [0.5, 0.6) is 5.75 Å². The highest BCUT2D eigenvalue weighted by molar-refractivity contribution is 6.32. The summed E-state index contributed by atoms with van der Waals surface area (Å²) >= 11 is 6.16. The zero-order valence-corrected chi connectivity index (χ0v) is 15.2. The van der Waals surface area contributed by atoms with Crippen LogP contribution in [0.3, 0.4) is 0 Å². The Morgan fingerprint density at radius 3 is 2.93 bits per heavy atom. The van der Waals surface area contributed by atoms with Crippen LogP contribution in [0.25, 0.3) is 11.1 Å². The highest BCUT2D eigenvalue weighted by Gasteiger charge is 2.12. The summed E-state index contributed by atoms with van der Waals surface area (Å²) in [6.45, 7) is 0. The van der Waals surface area contributed by atoms with Crippen molar-refractivity contribution < 1.29 is 13.5 Å². The number of hydrogen-bond acceptors (Lipinski definition) is 7. The second-order valence-electron chi connectivity index (χ2n) is 5.69. The molecule has 0 aliphatic rings. The number of methoxy groups -OCH3 is 1. The largest absolute Gasteiger partial charge is 0.494 e. The van der Waals surface area contributed by atoms with Gasteiger partial charge in [-0.15, -0.1) is 0 Å². The summed E-state index contributed by atoms with van der Waals surface area (Å²) < 4.78 is 24.2. The molecule has 142 valence electrons. The molecule has 4 aromatic rings. The molecule has 8 nitrogen and oxygen atoms in total. The number of halogens is 2. The first-order chi connectivity index (χ1) is 13.5. The minimum atomic E-state index is -0.563. The SMILES string of the molecule is COc1cccc(Nc2ncc(Cl)c(Nc3ccc4oc(=O)[nH]c4c3)n2)c1F. The fourth-order valence-electron chi connectivity index (χ4n) is 2.57. The fraction of sp³-hybridized carbons (Fsp3) is 0.0556. The first-order valence-electron chi connectivity index (χ1n) is 8.05. The van der Waals surface area contributed by atoms with Gasteiger partial charge in [-0.05, 0) is 30.3 Å². The molecule has 0 radical (unpaired) electrons. The normalized spacial score (nSPS) is 10.8. The standard InChI is InChI=1S/C18H13ClFN5O3/c1-27-14-4-2-3-11(15(14)20)23-17-21-8-10(19)16(25-17)22-9-5-6-13-12(7-9)24-18(26)28-13/h2-8H,1H3,(H,24,26)(H2,21,22,23,25). The number of benzene rings is 2. The van der Waals surface area contributed by atoms with E-state index in [4.69, 9.17) is 20.8 Å². The molecule has 0 atom stereocenters. The molecule has 2 aromatic carbocycles. The molecular formula is C18H13ClFN5O3. The monoisotopic (exact) mass is 401 g/mol. The maximum absolute atomic E-state index is 14.3. The van der Waals surface area contributed by atoms with Gasteiger partial charge in [0.2, 0.25) is 5.95 Å². The van der Waals surface area contributed by atoms with E-state index < -0.39 is 11.6 Å². The Morgan fingerprint density at radius 1 is 1.25 bits per heavy atom. The molecular weight excluding hydrogens is 389 g/mol. The van der Waals surface area contributed by atoms with Gasteiger partial charge in [-0.1, -0.05) is 17.7 Å². The first kappa shape index (κ1) is 17.8. The number of oxazole rings is 1. The molecule has 0 aliphatic heterocycles. The fourth-order valence-corrected chi connectivity index (χ4v) is 2.71. The summed E-state index contributed by atoms with van der Waals surface area (Å²) in [6.07, 6.45) is 1.38. The second kappa shape index (κ2) is 7.20. The van der Waals surface area contributed by atoms with Gasteiger partial charge >= 0.3 is 5.76 Å². The van der Waals surface area contributed by atoms with E-state index in [0.29, 0.717) is 22.6 Å². The Morgan fingerprint density at radius 2 is 2.11 bits per heavy atom. The van der Waals surface area contributed by atoms with E-state index in [2.05, 4.69) is 25.6 Å². The lowest BCUT2D eigenvalue weighted by Gasteiger charge is -2.11. The van der Waals surface area contributed by atoms with Gasteiger partial charge in [0.1, 0.15) is 5.02 Å². The van der Waals surface area contributed by atoms with Crippen molar-refractivity contribution in [1.29, 1.82) is 0 Å². The third kappa shape index (κ3) is 3.47. The van der Waals surface area contributed by atoms with Gasteiger partial charge in [-0.3, -0.25) is 4.98 Å². The van der Waals surface area contributed by atoms with Crippen molar-refractivity contribution in [2.24, 2.45) is 0 Å². The van der Waals surface area contributed by atoms with Gasteiger partial charge < -0.3 is 19.8 Å². The van der Waals surface area contributed by atoms with E-state index >= 15 is 0 Å². The highest BCUT2D eigenvalue weighted by atomic mass is 35.5. The number of nitrogens with one attached hydrogen (secondary N) is 3. The Labute approximate surface area is 162 Å². The van der Waals surface area contributed by atoms with Crippen LogP contribution in [0, 0.1) is 5.82 Å². The molecule has 2 aromatic heterocycles. The first-order valence-corrected chi connectivity index (χ1v) is 8.43. The van der Waals surface area contributed by atoms with Crippen molar-refractivity contribution in [2.45, 2.75) is 0 Å². The number of hydrogen-bond donors (Lipinski definition) is 3. The minimum Gasteiger partial charge on any atom is -0.494 e. The van der Waals surface area contributed by atoms with Crippen LogP contribution in [0.15, 0.2) is 51.8 Å². The van der Waals surface area contributed by atoms with Crippen molar-refractivity contribution in [1.82, 2.24) is 15.0 Å². The molecule has 0 bridgehead atoms. The van der Waals surface area contributed by atoms with E-state index in [1.54, 1.807) is 24.3 Å². The number of ether oxygens (including phenoxy) is 1. The van der Waals surface area contributed by atoms with Crippen molar-refractivity contribution in [3.05, 3.63) is 64.0 Å². The van der Waals surface area contributed by atoms with Gasteiger partial charge in [-0.25, -0.2) is 14.2 Å². The van der Waals surface area contributed by atoms with Crippen LogP contribution in [0.4, 0.5) is 27.5 Å². The van der Waals surface area contributed by atoms with Crippen LogP contribution in [-0.2, 0) is 0 Å². The number of rotatable bonds is 5. The summed E-state index contributed by atoms with van der Waals surface area (Å²) in [6, 6.07) is 9.69. The second-order valence-corrected chi connectivity index (χ2v) is 6.09. The third-order valence-corrected chi connectivity index (χ3v) is 4.13. The predicted octanol–water partition coefficient (Wildman–Crippen LogP) is 4.20. The maximum atomic E-state index is 14.3. The van der Waals surface area contributed by atoms with E-state index in [9.17, 15) is 9.18 Å². The Kier molecular flexibility index (Phi) is 4.58. The van der Waals surface area contributed by atoms with Crippen molar-refractivity contribution in [2.75, 3.05) is 17.7 Å². The lowest BCUT2D eigenvalue weighted by atomic mass is 10.3. The molecule has 3 N–H and O–H groups in total. The molecule has 0 saturated heterocycles. The molecule has 0 spiro atoms. The van der Waals surface area contributed by atoms with Crippen LogP contribution < -0.4 is 21.1 Å². The zero-order valence-electron chi connectivity index (χ0n) is 14.4. The molecule has 2 heterocycles. The summed E-state index contributed by atoms with van der Waals surface area (Å²) in [5, 5.41) is 6.09. The summed E-state index contributed by atoms with van der Waals surface area (Å²) in [5.41, 5.74) is 1.73. The molecule has 0 aliphatic carbocycles. The van der Waals surface area contributed by atoms with Crippen molar-refractivity contribution in [3.63, 3.8) is 0 Å². The number of aromatic amines is 1. The summed E-state index contributed by atoms with van der Waals surface area (Å²) in [4.78, 5) is 22.2. The topological polar surface area (TPSA) is 105 Å². The number of nitrogens with zero attached hydrogens (tertiary/aromatic N) is 2. The van der Waals surface area contributed by atoms with Gasteiger partial charge in [-0.2, -0.15) is 4.98 Å². The molecule has 4 rings (SSSR count). The molecule has 0 fully saturated rings. The van der Waals surface area contributed by atoms with Gasteiger partial charge in [0.05, 0.1) is 24.5 Å². The van der Waals surface area contributed by atoms with Crippen LogP contribution >= 0.6 is 11.6 Å². The lowest BCUT2D eigenvalue weighted by molar-refractivity contribution is 0.387. The van der Waals surface area contributed by atoms with Gasteiger partial charge in [0.15, 0.2) is 23.0 Å². The van der Waals surface area contributed by atoms with Crippen molar-refractivity contribution in [3.8, 4) is 5.75 Å². The molecule has 0 unspecified atom stereocenters. The van der Waals surface area contributed by atoms with E-state index in [1.165, 1.54) is 25.4 Å². The Bertz CT molecular complexity index is 1220. The highest BCUT2D eigenvalue weighted by Crippen LogP contribution is 2.29. The van der Waals surface area contributed by atoms with E-state index in [1.807, 2.05) is 0 Å². The smallest absolute Gasteiger partial charge is 0.417 e. The summed E-state index contributed by atoms with van der Waals surface area (Å²) in [7, 11) is 1.38. The molecule has 10 heteroatoms. The lowest BCUT2D eigenvalue weighted by Crippen LogP contribution is -2.03. The predicted molar refractivity (Wildman–Crippen MR) is 103 cm³/mol.